The first-order chi connectivity index (χ1) is 15.9. The smallest absolute Gasteiger partial charge is 0.340 e. The molecule has 0 radical (unpaired) electrons. The zero-order chi connectivity index (χ0) is 23.7. The first kappa shape index (κ1) is 22.1. The summed E-state index contributed by atoms with van der Waals surface area (Å²) >= 11 is 0. The van der Waals surface area contributed by atoms with Gasteiger partial charge in [-0.05, 0) is 74.9 Å². The number of benzene rings is 2. The molecule has 0 aliphatic carbocycles. The third-order valence-electron chi connectivity index (χ3n) is 5.90. The highest BCUT2D eigenvalue weighted by atomic mass is 16.5. The van der Waals surface area contributed by atoms with Gasteiger partial charge in [-0.2, -0.15) is 0 Å². The number of allylic oxidation sites excluding steroid dienone is 1. The van der Waals surface area contributed by atoms with Crippen LogP contribution in [0, 0.1) is 13.8 Å². The van der Waals surface area contributed by atoms with E-state index in [1.54, 1.807) is 25.0 Å². The molecule has 3 aromatic rings. The molecule has 0 spiro atoms. The molecule has 1 amide bonds. The van der Waals surface area contributed by atoms with Gasteiger partial charge < -0.3 is 14.0 Å². The van der Waals surface area contributed by atoms with Crippen LogP contribution in [0.1, 0.15) is 23.9 Å². The summed E-state index contributed by atoms with van der Waals surface area (Å²) in [5.41, 5.74) is 5.66. The van der Waals surface area contributed by atoms with Gasteiger partial charge in [0.2, 0.25) is 0 Å². The van der Waals surface area contributed by atoms with E-state index in [1.807, 2.05) is 74.5 Å². The van der Waals surface area contributed by atoms with Crippen LogP contribution in [0.5, 0.6) is 5.75 Å². The lowest BCUT2D eigenvalue weighted by molar-refractivity contribution is -0.136. The Morgan fingerprint density at radius 2 is 1.58 bits per heavy atom. The molecule has 0 saturated carbocycles. The van der Waals surface area contributed by atoms with Crippen molar-refractivity contribution in [2.45, 2.75) is 20.8 Å². The number of hydrogen-bond donors (Lipinski definition) is 0. The molecule has 0 fully saturated rings. The molecule has 6 heteroatoms. The van der Waals surface area contributed by atoms with E-state index < -0.39 is 5.97 Å². The molecule has 168 valence electrons. The highest BCUT2D eigenvalue weighted by Gasteiger charge is 2.38. The van der Waals surface area contributed by atoms with Crippen molar-refractivity contribution < 1.29 is 19.1 Å². The quantitative estimate of drug-likeness (QED) is 0.413. The largest absolute Gasteiger partial charge is 0.497 e. The van der Waals surface area contributed by atoms with Gasteiger partial charge in [0, 0.05) is 28.5 Å². The lowest BCUT2D eigenvalue weighted by Crippen LogP contribution is -2.24. The Kier molecular flexibility index (Phi) is 5.92. The van der Waals surface area contributed by atoms with Gasteiger partial charge in [-0.25, -0.2) is 4.79 Å². The van der Waals surface area contributed by atoms with Gasteiger partial charge in [0.15, 0.2) is 0 Å². The van der Waals surface area contributed by atoms with Crippen molar-refractivity contribution >= 4 is 23.6 Å². The molecule has 0 atom stereocenters. The summed E-state index contributed by atoms with van der Waals surface area (Å²) in [4.78, 5) is 27.7. The number of methoxy groups -OCH3 is 2. The summed E-state index contributed by atoms with van der Waals surface area (Å²) in [6.45, 7) is 5.76. The summed E-state index contributed by atoms with van der Waals surface area (Å²) in [7, 11) is 2.96. The fraction of sp³-hybridized carbons (Fsp3) is 0.185. The van der Waals surface area contributed by atoms with Crippen LogP contribution in [0.25, 0.3) is 11.8 Å². The van der Waals surface area contributed by atoms with Crippen LogP contribution in [0.3, 0.4) is 0 Å². The molecular formula is C27H26N2O4. The maximum atomic E-state index is 13.5. The monoisotopic (exact) mass is 442 g/mol. The molecule has 33 heavy (non-hydrogen) atoms. The summed E-state index contributed by atoms with van der Waals surface area (Å²) in [5.74, 6) is -0.00714. The third-order valence-corrected chi connectivity index (χ3v) is 5.90. The lowest BCUT2D eigenvalue weighted by atomic mass is 10.0. The molecule has 6 nitrogen and oxygen atoms in total. The molecule has 0 unspecified atom stereocenters. The average molecular weight is 443 g/mol. The van der Waals surface area contributed by atoms with Crippen molar-refractivity contribution in [2.24, 2.45) is 0 Å². The van der Waals surface area contributed by atoms with E-state index in [1.165, 1.54) is 7.11 Å². The normalized spacial score (nSPS) is 14.9. The number of hydrogen-bond acceptors (Lipinski definition) is 4. The minimum Gasteiger partial charge on any atom is -0.497 e. The van der Waals surface area contributed by atoms with E-state index in [0.29, 0.717) is 17.0 Å². The fourth-order valence-corrected chi connectivity index (χ4v) is 4.29. The molecule has 1 aliphatic heterocycles. The lowest BCUT2D eigenvalue weighted by Gasteiger charge is -2.17. The molecule has 0 bridgehead atoms. The van der Waals surface area contributed by atoms with E-state index in [4.69, 9.17) is 9.47 Å². The van der Waals surface area contributed by atoms with E-state index in [2.05, 4.69) is 4.57 Å². The van der Waals surface area contributed by atoms with Gasteiger partial charge >= 0.3 is 5.97 Å². The molecule has 4 rings (SSSR count). The highest BCUT2D eigenvalue weighted by Crippen LogP contribution is 2.36. The maximum Gasteiger partial charge on any atom is 0.340 e. The van der Waals surface area contributed by atoms with Crippen LogP contribution < -0.4 is 9.64 Å². The summed E-state index contributed by atoms with van der Waals surface area (Å²) < 4.78 is 12.4. The van der Waals surface area contributed by atoms with Crippen LogP contribution in [-0.4, -0.2) is 30.7 Å². The standard InChI is InChI=1S/C27H26N2O4/c1-17-15-20(18(2)28(17)22-11-13-23(32-4)14-12-22)16-24-25(27(31)33-5)19(3)29(26(24)30)21-9-7-6-8-10-21/h6-16H,1-5H3/b24-16-. The van der Waals surface area contributed by atoms with Crippen molar-refractivity contribution in [1.82, 2.24) is 4.57 Å². The topological polar surface area (TPSA) is 60.8 Å². The zero-order valence-corrected chi connectivity index (χ0v) is 19.4. The van der Waals surface area contributed by atoms with E-state index >= 15 is 0 Å². The van der Waals surface area contributed by atoms with Crippen LogP contribution in [0.4, 0.5) is 5.69 Å². The second-order valence-electron chi connectivity index (χ2n) is 7.85. The van der Waals surface area contributed by atoms with Gasteiger partial charge in [0.05, 0.1) is 25.4 Å². The van der Waals surface area contributed by atoms with Gasteiger partial charge in [-0.15, -0.1) is 0 Å². The Bertz CT molecular complexity index is 1280. The Hall–Kier alpha value is -4.06. The van der Waals surface area contributed by atoms with E-state index in [9.17, 15) is 9.59 Å². The molecule has 0 saturated heterocycles. The maximum absolute atomic E-state index is 13.5. The van der Waals surface area contributed by atoms with E-state index in [-0.39, 0.29) is 11.5 Å². The van der Waals surface area contributed by atoms with Gasteiger partial charge in [-0.1, -0.05) is 18.2 Å². The number of esters is 1. The predicted octanol–water partition coefficient (Wildman–Crippen LogP) is 4.98. The number of amides is 1. The second kappa shape index (κ2) is 8.82. The van der Waals surface area contributed by atoms with Crippen LogP contribution in [-0.2, 0) is 14.3 Å². The summed E-state index contributed by atoms with van der Waals surface area (Å²) in [6.07, 6.45) is 1.78. The Morgan fingerprint density at radius 1 is 0.909 bits per heavy atom. The van der Waals surface area contributed by atoms with Gasteiger partial charge in [0.1, 0.15) is 5.75 Å². The Balaban J connectivity index is 1.82. The van der Waals surface area contributed by atoms with Gasteiger partial charge in [0.25, 0.3) is 5.91 Å². The minimum absolute atomic E-state index is 0.256. The number of aryl methyl sites for hydroxylation is 1. The van der Waals surface area contributed by atoms with Crippen LogP contribution in [0.2, 0.25) is 0 Å². The first-order valence-electron chi connectivity index (χ1n) is 10.6. The van der Waals surface area contributed by atoms with Crippen molar-refractivity contribution in [3.8, 4) is 11.4 Å². The highest BCUT2D eigenvalue weighted by molar-refractivity contribution is 6.23. The number of rotatable bonds is 5. The number of nitrogens with zero attached hydrogens (tertiary/aromatic N) is 2. The number of aromatic nitrogens is 1. The summed E-state index contributed by atoms with van der Waals surface area (Å²) in [6, 6.07) is 19.1. The number of carbonyl (C=O) groups excluding carboxylic acids is 2. The molecule has 2 heterocycles. The Morgan fingerprint density at radius 3 is 2.18 bits per heavy atom. The number of anilines is 1. The SMILES string of the molecule is COC(=O)C1=C(C)N(c2ccccc2)C(=O)/C1=C\c1cc(C)n(-c2ccc(OC)cc2)c1C. The second-order valence-corrected chi connectivity index (χ2v) is 7.85. The predicted molar refractivity (Wildman–Crippen MR) is 128 cm³/mol. The Labute approximate surface area is 193 Å². The van der Waals surface area contributed by atoms with E-state index in [0.717, 1.165) is 28.4 Å². The van der Waals surface area contributed by atoms with Crippen molar-refractivity contribution in [3.05, 3.63) is 94.5 Å². The molecule has 2 aromatic carbocycles. The molecular weight excluding hydrogens is 416 g/mol. The first-order valence-corrected chi connectivity index (χ1v) is 10.6. The fourth-order valence-electron chi connectivity index (χ4n) is 4.29. The van der Waals surface area contributed by atoms with Crippen molar-refractivity contribution in [2.75, 3.05) is 19.1 Å². The third kappa shape index (κ3) is 3.84. The molecule has 0 N–H and O–H groups in total. The van der Waals surface area contributed by atoms with Gasteiger partial charge in [-0.3, -0.25) is 9.69 Å². The number of ether oxygens (including phenoxy) is 2. The zero-order valence-electron chi connectivity index (χ0n) is 19.4. The summed E-state index contributed by atoms with van der Waals surface area (Å²) in [5, 5.41) is 0. The molecule has 1 aliphatic rings. The molecule has 1 aromatic heterocycles. The number of carbonyl (C=O) groups is 2. The number of para-hydroxylation sites is 1. The van der Waals surface area contributed by atoms with Crippen LogP contribution in [0.15, 0.2) is 77.5 Å². The van der Waals surface area contributed by atoms with Crippen molar-refractivity contribution in [3.63, 3.8) is 0 Å². The van der Waals surface area contributed by atoms with Crippen LogP contribution >= 0.6 is 0 Å². The average Bonchev–Trinajstić information content (AvgIpc) is 3.25. The van der Waals surface area contributed by atoms with Crippen molar-refractivity contribution in [1.29, 1.82) is 0 Å². The minimum atomic E-state index is -0.533.